The second kappa shape index (κ2) is 12.8. The maximum Gasteiger partial charge on any atom is 0.338 e. The number of hydrogen-bond acceptors (Lipinski definition) is 4. The van der Waals surface area contributed by atoms with Crippen LogP contribution in [0.5, 0.6) is 0 Å². The van der Waals surface area contributed by atoms with Crippen molar-refractivity contribution in [2.24, 2.45) is 11.8 Å². The molecular weight excluding hydrogens is 336 g/mol. The van der Waals surface area contributed by atoms with E-state index < -0.39 is 0 Å². The van der Waals surface area contributed by atoms with Crippen LogP contribution in [-0.4, -0.2) is 38.3 Å². The summed E-state index contributed by atoms with van der Waals surface area (Å²) < 4.78 is 5.57. The smallest absolute Gasteiger partial charge is 0.338 e. The van der Waals surface area contributed by atoms with Crippen LogP contribution in [0.4, 0.5) is 5.69 Å². The molecule has 154 valence electrons. The van der Waals surface area contributed by atoms with Crippen LogP contribution in [0.1, 0.15) is 71.2 Å². The van der Waals surface area contributed by atoms with Crippen LogP contribution in [0.25, 0.3) is 0 Å². The molecule has 1 rings (SSSR count). The van der Waals surface area contributed by atoms with Crippen molar-refractivity contribution < 1.29 is 9.53 Å². The summed E-state index contributed by atoms with van der Waals surface area (Å²) >= 11 is 0. The average molecular weight is 377 g/mol. The number of carbonyl (C=O) groups is 1. The van der Waals surface area contributed by atoms with Crippen molar-refractivity contribution >= 4 is 11.7 Å². The molecule has 1 N–H and O–H groups in total. The van der Waals surface area contributed by atoms with Gasteiger partial charge in [-0.05, 0) is 69.8 Å². The molecule has 0 heterocycles. The highest BCUT2D eigenvalue weighted by atomic mass is 16.5. The normalized spacial score (nSPS) is 13.4. The minimum atomic E-state index is -0.250. The Morgan fingerprint density at radius 3 is 2.19 bits per heavy atom. The second-order valence-corrected chi connectivity index (χ2v) is 8.02. The van der Waals surface area contributed by atoms with E-state index in [1.807, 2.05) is 31.2 Å². The van der Waals surface area contributed by atoms with E-state index in [0.29, 0.717) is 18.0 Å². The van der Waals surface area contributed by atoms with Gasteiger partial charge in [0, 0.05) is 25.3 Å². The number of benzene rings is 1. The first kappa shape index (κ1) is 23.5. The van der Waals surface area contributed by atoms with E-state index in [0.717, 1.165) is 31.2 Å². The Hall–Kier alpha value is -1.55. The fraction of sp³-hybridized carbons (Fsp3) is 0.696. The molecule has 4 heteroatoms. The number of nitrogens with zero attached hydrogens (tertiary/aromatic N) is 1. The summed E-state index contributed by atoms with van der Waals surface area (Å²) in [6.07, 6.45) is 3.70. The van der Waals surface area contributed by atoms with Crippen LogP contribution in [0.3, 0.4) is 0 Å². The van der Waals surface area contributed by atoms with E-state index in [9.17, 15) is 4.79 Å². The number of hydrogen-bond donors (Lipinski definition) is 1. The number of esters is 1. The third-order valence-corrected chi connectivity index (χ3v) is 4.94. The first-order chi connectivity index (χ1) is 12.9. The topological polar surface area (TPSA) is 41.6 Å². The van der Waals surface area contributed by atoms with Crippen molar-refractivity contribution in [3.63, 3.8) is 0 Å². The van der Waals surface area contributed by atoms with Gasteiger partial charge in [-0.15, -0.1) is 0 Å². The monoisotopic (exact) mass is 376 g/mol. The molecule has 0 unspecified atom stereocenters. The van der Waals surface area contributed by atoms with Gasteiger partial charge < -0.3 is 15.0 Å². The van der Waals surface area contributed by atoms with Gasteiger partial charge in [0.2, 0.25) is 0 Å². The molecule has 0 spiro atoms. The van der Waals surface area contributed by atoms with Crippen molar-refractivity contribution in [3.8, 4) is 0 Å². The molecule has 0 fully saturated rings. The molecule has 0 aliphatic rings. The first-order valence-electron chi connectivity index (χ1n) is 10.6. The lowest BCUT2D eigenvalue weighted by molar-refractivity contribution is 0.0341. The molecule has 0 aliphatic carbocycles. The van der Waals surface area contributed by atoms with Crippen LogP contribution in [-0.2, 0) is 4.74 Å². The molecular formula is C23H40N2O2. The Kier molecular flexibility index (Phi) is 11.1. The highest BCUT2D eigenvalue weighted by Crippen LogP contribution is 2.16. The number of rotatable bonds is 13. The Labute approximate surface area is 166 Å². The summed E-state index contributed by atoms with van der Waals surface area (Å²) in [5, 5.41) is 3.44. The van der Waals surface area contributed by atoms with Gasteiger partial charge in [-0.1, -0.05) is 33.6 Å². The maximum atomic E-state index is 12.3. The molecule has 0 aromatic heterocycles. The number of carbonyl (C=O) groups excluding carboxylic acids is 1. The van der Waals surface area contributed by atoms with Crippen LogP contribution in [0, 0.1) is 11.8 Å². The molecule has 27 heavy (non-hydrogen) atoms. The number of ether oxygens (including phenoxy) is 1. The molecule has 2 atom stereocenters. The predicted octanol–water partition coefficient (Wildman–Crippen LogP) is 5.13. The van der Waals surface area contributed by atoms with E-state index >= 15 is 0 Å². The zero-order chi connectivity index (χ0) is 20.2. The van der Waals surface area contributed by atoms with Crippen LogP contribution in [0.2, 0.25) is 0 Å². The molecule has 4 nitrogen and oxygen atoms in total. The van der Waals surface area contributed by atoms with Crippen LogP contribution < -0.4 is 10.2 Å². The summed E-state index contributed by atoms with van der Waals surface area (Å²) in [5.74, 6) is 1.19. The zero-order valence-electron chi connectivity index (χ0n) is 18.3. The lowest BCUT2D eigenvalue weighted by Gasteiger charge is -2.21. The summed E-state index contributed by atoms with van der Waals surface area (Å²) in [7, 11) is 0. The Bertz CT molecular complexity index is 524. The van der Waals surface area contributed by atoms with Crippen molar-refractivity contribution in [1.29, 1.82) is 0 Å². The van der Waals surface area contributed by atoms with Gasteiger partial charge in [-0.2, -0.15) is 0 Å². The van der Waals surface area contributed by atoms with Crippen molar-refractivity contribution in [3.05, 3.63) is 29.8 Å². The van der Waals surface area contributed by atoms with Gasteiger partial charge in [-0.3, -0.25) is 0 Å². The van der Waals surface area contributed by atoms with Gasteiger partial charge in [0.05, 0.1) is 5.56 Å². The van der Waals surface area contributed by atoms with Gasteiger partial charge >= 0.3 is 5.97 Å². The van der Waals surface area contributed by atoms with Gasteiger partial charge in [0.1, 0.15) is 6.10 Å². The minimum Gasteiger partial charge on any atom is -0.458 e. The molecule has 1 aromatic rings. The Morgan fingerprint density at radius 1 is 1.00 bits per heavy atom. The Balaban J connectivity index is 2.33. The minimum absolute atomic E-state index is 0.136. The summed E-state index contributed by atoms with van der Waals surface area (Å²) in [6.45, 7) is 16.6. The van der Waals surface area contributed by atoms with Crippen LogP contribution in [0.15, 0.2) is 24.3 Å². The molecule has 1 aromatic carbocycles. The average Bonchev–Trinajstić information content (AvgIpc) is 2.63. The lowest BCUT2D eigenvalue weighted by atomic mass is 10.00. The SMILES string of the molecule is CCN(CC)c1ccc(C(=O)O[C@H](C)CNC[C@@H](C)CCCC(C)C)cc1. The molecule has 0 saturated carbocycles. The van der Waals surface area contributed by atoms with Crippen molar-refractivity contribution in [2.75, 3.05) is 31.1 Å². The quantitative estimate of drug-likeness (QED) is 0.485. The van der Waals surface area contributed by atoms with E-state index in [1.54, 1.807) is 0 Å². The molecule has 0 bridgehead atoms. The second-order valence-electron chi connectivity index (χ2n) is 8.02. The van der Waals surface area contributed by atoms with E-state index in [2.05, 4.69) is 44.8 Å². The van der Waals surface area contributed by atoms with Gasteiger partial charge in [0.15, 0.2) is 0 Å². The maximum absolute atomic E-state index is 12.3. The number of anilines is 1. The first-order valence-corrected chi connectivity index (χ1v) is 10.6. The van der Waals surface area contributed by atoms with Crippen LogP contribution >= 0.6 is 0 Å². The van der Waals surface area contributed by atoms with Crippen molar-refractivity contribution in [2.45, 2.75) is 66.9 Å². The van der Waals surface area contributed by atoms with E-state index in [-0.39, 0.29) is 12.1 Å². The van der Waals surface area contributed by atoms with E-state index in [4.69, 9.17) is 4.74 Å². The molecule has 0 amide bonds. The van der Waals surface area contributed by atoms with Crippen molar-refractivity contribution in [1.82, 2.24) is 5.32 Å². The largest absolute Gasteiger partial charge is 0.458 e. The summed E-state index contributed by atoms with van der Waals surface area (Å²) in [4.78, 5) is 14.6. The molecule has 0 aliphatic heterocycles. The fourth-order valence-corrected chi connectivity index (χ4v) is 3.20. The predicted molar refractivity (Wildman–Crippen MR) is 116 cm³/mol. The third-order valence-electron chi connectivity index (χ3n) is 4.94. The summed E-state index contributed by atoms with van der Waals surface area (Å²) in [5.41, 5.74) is 1.75. The lowest BCUT2D eigenvalue weighted by Crippen LogP contribution is -2.31. The third kappa shape index (κ3) is 9.28. The molecule has 0 saturated heterocycles. The summed E-state index contributed by atoms with van der Waals surface area (Å²) in [6, 6.07) is 7.69. The van der Waals surface area contributed by atoms with Gasteiger partial charge in [0.25, 0.3) is 0 Å². The van der Waals surface area contributed by atoms with E-state index in [1.165, 1.54) is 19.3 Å². The standard InChI is InChI=1S/C23H40N2O2/c1-7-25(8-2)22-14-12-21(13-15-22)23(26)27-20(6)17-24-16-19(5)11-9-10-18(3)4/h12-15,18-20,24H,7-11,16-17H2,1-6H3/t19-,20+/m0/s1. The number of nitrogens with one attached hydrogen (secondary N) is 1. The molecule has 0 radical (unpaired) electrons. The highest BCUT2D eigenvalue weighted by molar-refractivity contribution is 5.90. The fourth-order valence-electron chi connectivity index (χ4n) is 3.20. The Morgan fingerprint density at radius 2 is 1.63 bits per heavy atom. The zero-order valence-corrected chi connectivity index (χ0v) is 18.3. The highest BCUT2D eigenvalue weighted by Gasteiger charge is 2.13. The van der Waals surface area contributed by atoms with Gasteiger partial charge in [-0.25, -0.2) is 4.79 Å².